The maximum absolute atomic E-state index is 13.1. The molecule has 4 aromatic rings. The van der Waals surface area contributed by atoms with E-state index in [-0.39, 0.29) is 16.3 Å². The van der Waals surface area contributed by atoms with Crippen molar-refractivity contribution in [3.8, 4) is 15.6 Å². The molecule has 0 atom stereocenters. The number of benzene rings is 1. The summed E-state index contributed by atoms with van der Waals surface area (Å²) >= 11 is 2.61. The molecule has 0 radical (unpaired) electrons. The Morgan fingerprint density at radius 1 is 1.24 bits per heavy atom. The van der Waals surface area contributed by atoms with Crippen LogP contribution in [0.4, 0.5) is 18.9 Å². The molecule has 1 amide bonds. The molecule has 4 rings (SSSR count). The maximum Gasteiger partial charge on any atom is 0.416 e. The first-order chi connectivity index (χ1) is 15.7. The molecular weight excluding hydrogens is 479 g/mol. The van der Waals surface area contributed by atoms with Gasteiger partial charge in [-0.15, -0.1) is 22.7 Å². The van der Waals surface area contributed by atoms with E-state index in [0.29, 0.717) is 10.7 Å². The van der Waals surface area contributed by atoms with E-state index in [4.69, 9.17) is 4.74 Å². The van der Waals surface area contributed by atoms with E-state index in [2.05, 4.69) is 20.4 Å². The molecule has 3 aromatic heterocycles. The van der Waals surface area contributed by atoms with Crippen LogP contribution < -0.4 is 5.32 Å². The Hall–Kier alpha value is -3.58. The number of halogens is 3. The molecule has 0 aliphatic carbocycles. The highest BCUT2D eigenvalue weighted by atomic mass is 32.1. The van der Waals surface area contributed by atoms with Gasteiger partial charge in [-0.3, -0.25) is 4.79 Å². The molecule has 1 aromatic carbocycles. The lowest BCUT2D eigenvalue weighted by Crippen LogP contribution is -2.22. The van der Waals surface area contributed by atoms with Gasteiger partial charge >= 0.3 is 12.1 Å². The third-order valence-electron chi connectivity index (χ3n) is 4.31. The zero-order valence-electron chi connectivity index (χ0n) is 16.8. The van der Waals surface area contributed by atoms with E-state index >= 15 is 0 Å². The number of anilines is 1. The van der Waals surface area contributed by atoms with E-state index in [9.17, 15) is 22.8 Å². The van der Waals surface area contributed by atoms with Crippen molar-refractivity contribution >= 4 is 40.2 Å². The van der Waals surface area contributed by atoms with Gasteiger partial charge in [0.15, 0.2) is 6.61 Å². The van der Waals surface area contributed by atoms with Crippen LogP contribution in [0.15, 0.2) is 48.4 Å². The zero-order chi connectivity index (χ0) is 23.6. The molecule has 0 aliphatic heterocycles. The van der Waals surface area contributed by atoms with Crippen molar-refractivity contribution in [3.63, 3.8) is 0 Å². The predicted octanol–water partition coefficient (Wildman–Crippen LogP) is 4.58. The first-order valence-corrected chi connectivity index (χ1v) is 11.0. The Balaban J connectivity index is 1.47. The second-order valence-electron chi connectivity index (χ2n) is 6.60. The van der Waals surface area contributed by atoms with Crippen molar-refractivity contribution < 1.29 is 27.5 Å². The first kappa shape index (κ1) is 22.6. The van der Waals surface area contributed by atoms with E-state index in [1.54, 1.807) is 6.92 Å². The van der Waals surface area contributed by atoms with Crippen LogP contribution in [0.1, 0.15) is 20.9 Å². The fourth-order valence-electron chi connectivity index (χ4n) is 2.82. The highest BCUT2D eigenvalue weighted by Crippen LogP contribution is 2.34. The fraction of sp³-hybridized carbons (Fsp3) is 0.150. The minimum Gasteiger partial charge on any atom is -0.451 e. The number of carbonyl (C=O) groups is 2. The lowest BCUT2D eigenvalue weighted by atomic mass is 10.1. The van der Waals surface area contributed by atoms with Gasteiger partial charge in [0.25, 0.3) is 5.91 Å². The molecule has 170 valence electrons. The largest absolute Gasteiger partial charge is 0.451 e. The summed E-state index contributed by atoms with van der Waals surface area (Å²) in [5.41, 5.74) is -0.496. The van der Waals surface area contributed by atoms with Gasteiger partial charge in [-0.1, -0.05) is 6.07 Å². The average molecular weight is 493 g/mol. The van der Waals surface area contributed by atoms with Crippen molar-refractivity contribution in [3.05, 3.63) is 64.5 Å². The fourth-order valence-corrected chi connectivity index (χ4v) is 4.58. The number of thiophene rings is 1. The molecule has 0 spiro atoms. The Labute approximate surface area is 192 Å². The van der Waals surface area contributed by atoms with E-state index in [1.807, 2.05) is 17.5 Å². The van der Waals surface area contributed by atoms with Crippen LogP contribution in [0, 0.1) is 6.92 Å². The molecular formula is C20H14F3N5O3S2. The number of carbonyl (C=O) groups excluding carboxylic acids is 2. The second kappa shape index (κ2) is 9.11. The van der Waals surface area contributed by atoms with E-state index < -0.39 is 30.2 Å². The summed E-state index contributed by atoms with van der Waals surface area (Å²) in [7, 11) is 0. The number of esters is 1. The summed E-state index contributed by atoms with van der Waals surface area (Å²) in [6, 6.07) is 6.53. The normalized spacial score (nSPS) is 11.4. The van der Waals surface area contributed by atoms with Gasteiger partial charge in [-0.25, -0.2) is 19.4 Å². The minimum absolute atomic E-state index is 0.162. The minimum atomic E-state index is -4.61. The van der Waals surface area contributed by atoms with E-state index in [0.717, 1.165) is 34.4 Å². The molecule has 13 heteroatoms. The Bertz CT molecular complexity index is 1290. The highest BCUT2D eigenvalue weighted by molar-refractivity contribution is 7.22. The number of aryl methyl sites for hydroxylation is 1. The van der Waals surface area contributed by atoms with Crippen molar-refractivity contribution in [2.75, 3.05) is 11.9 Å². The number of hydrogen-bond donors (Lipinski definition) is 1. The van der Waals surface area contributed by atoms with Gasteiger partial charge < -0.3 is 10.1 Å². The number of amides is 1. The molecule has 0 bridgehead atoms. The lowest BCUT2D eigenvalue weighted by molar-refractivity contribution is -0.137. The molecule has 3 heterocycles. The Morgan fingerprint density at radius 2 is 2.06 bits per heavy atom. The van der Waals surface area contributed by atoms with Gasteiger partial charge in [0, 0.05) is 0 Å². The zero-order valence-corrected chi connectivity index (χ0v) is 18.4. The summed E-state index contributed by atoms with van der Waals surface area (Å²) in [5, 5.41) is 8.76. The average Bonchev–Trinajstić information content (AvgIpc) is 3.52. The van der Waals surface area contributed by atoms with Gasteiger partial charge in [0.2, 0.25) is 0 Å². The molecule has 0 saturated heterocycles. The lowest BCUT2D eigenvalue weighted by Gasteiger charge is -2.14. The third kappa shape index (κ3) is 5.09. The topological polar surface area (TPSA) is 99.0 Å². The van der Waals surface area contributed by atoms with Gasteiger partial charge in [0.05, 0.1) is 27.5 Å². The van der Waals surface area contributed by atoms with Crippen LogP contribution >= 0.6 is 22.7 Å². The number of nitrogens with zero attached hydrogens (tertiary/aromatic N) is 4. The molecule has 0 fully saturated rings. The Morgan fingerprint density at radius 3 is 2.73 bits per heavy atom. The highest BCUT2D eigenvalue weighted by Gasteiger charge is 2.31. The summed E-state index contributed by atoms with van der Waals surface area (Å²) in [5.74, 6) is -1.56. The predicted molar refractivity (Wildman–Crippen MR) is 115 cm³/mol. The summed E-state index contributed by atoms with van der Waals surface area (Å²) in [6.45, 7) is 0.953. The van der Waals surface area contributed by atoms with Crippen molar-refractivity contribution in [1.82, 2.24) is 19.7 Å². The van der Waals surface area contributed by atoms with Crippen molar-refractivity contribution in [2.45, 2.75) is 13.1 Å². The number of rotatable bonds is 6. The quantitative estimate of drug-likeness (QED) is 0.395. The van der Waals surface area contributed by atoms with Crippen LogP contribution in [0.5, 0.6) is 0 Å². The van der Waals surface area contributed by atoms with Gasteiger partial charge in [0.1, 0.15) is 22.5 Å². The number of thiazole rings is 1. The van der Waals surface area contributed by atoms with Crippen molar-refractivity contribution in [2.24, 2.45) is 0 Å². The van der Waals surface area contributed by atoms with Gasteiger partial charge in [-0.2, -0.15) is 18.3 Å². The van der Waals surface area contributed by atoms with Crippen LogP contribution in [0.2, 0.25) is 0 Å². The number of hydrogen-bond acceptors (Lipinski definition) is 8. The number of ether oxygens (including phenoxy) is 1. The monoisotopic (exact) mass is 493 g/mol. The van der Waals surface area contributed by atoms with Crippen LogP contribution in [0.3, 0.4) is 0 Å². The van der Waals surface area contributed by atoms with Crippen molar-refractivity contribution in [1.29, 1.82) is 0 Å². The molecule has 8 nitrogen and oxygen atoms in total. The van der Waals surface area contributed by atoms with E-state index in [1.165, 1.54) is 28.7 Å². The first-order valence-electron chi connectivity index (χ1n) is 9.27. The standard InChI is InChI=1S/C20H14F3N5O3S2/c1-11-17(33-18(26-11)15-3-2-6-32-15)19(30)31-8-16(29)27-13-7-12(20(21,22)23)4-5-14(13)28-10-24-9-25-28/h2-7,9-10H,8H2,1H3,(H,27,29). The smallest absolute Gasteiger partial charge is 0.416 e. The molecule has 0 aliphatic rings. The molecule has 0 unspecified atom stereocenters. The third-order valence-corrected chi connectivity index (χ3v) is 6.49. The van der Waals surface area contributed by atoms with Crippen LogP contribution in [-0.2, 0) is 15.7 Å². The number of nitrogens with one attached hydrogen (secondary N) is 1. The number of alkyl halides is 3. The van der Waals surface area contributed by atoms with Crippen LogP contribution in [0.25, 0.3) is 15.6 Å². The summed E-state index contributed by atoms with van der Waals surface area (Å²) in [6.07, 6.45) is -2.14. The molecule has 1 N–H and O–H groups in total. The second-order valence-corrected chi connectivity index (χ2v) is 8.55. The number of aromatic nitrogens is 4. The maximum atomic E-state index is 13.1. The summed E-state index contributed by atoms with van der Waals surface area (Å²) < 4.78 is 45.7. The SMILES string of the molecule is Cc1nc(-c2cccs2)sc1C(=O)OCC(=O)Nc1cc(C(F)(F)F)ccc1-n1cncn1. The van der Waals surface area contributed by atoms with Gasteiger partial charge in [-0.05, 0) is 36.6 Å². The summed E-state index contributed by atoms with van der Waals surface area (Å²) in [4.78, 5) is 34.1. The van der Waals surface area contributed by atoms with Crippen LogP contribution in [-0.4, -0.2) is 38.2 Å². The molecule has 0 saturated carbocycles. The Kier molecular flexibility index (Phi) is 6.24. The molecule has 33 heavy (non-hydrogen) atoms.